The molecule has 0 N–H and O–H groups in total. The third-order valence-corrected chi connectivity index (χ3v) is 5.49. The number of methoxy groups -OCH3 is 3. The molecular weight excluding hydrogens is 414 g/mol. The maximum absolute atomic E-state index is 12.9. The summed E-state index contributed by atoms with van der Waals surface area (Å²) in [5.41, 5.74) is 1.25. The highest BCUT2D eigenvalue weighted by Crippen LogP contribution is 2.42. The number of pyridine rings is 1. The second-order valence-corrected chi connectivity index (χ2v) is 7.22. The number of carbonyl (C=O) groups excluding carboxylic acids is 1. The van der Waals surface area contributed by atoms with E-state index in [1.54, 1.807) is 43.5 Å². The number of halogens is 1. The lowest BCUT2D eigenvalue weighted by Gasteiger charge is -2.14. The first kappa shape index (κ1) is 21.0. The van der Waals surface area contributed by atoms with Gasteiger partial charge in [-0.05, 0) is 43.0 Å². The summed E-state index contributed by atoms with van der Waals surface area (Å²) in [6, 6.07) is 5.28. The van der Waals surface area contributed by atoms with E-state index in [4.69, 9.17) is 25.8 Å². The molecule has 3 rings (SSSR count). The first-order chi connectivity index (χ1) is 14.0. The Kier molecular flexibility index (Phi) is 6.66. The van der Waals surface area contributed by atoms with Crippen LogP contribution >= 0.6 is 23.4 Å². The average molecular weight is 434 g/mol. The topological polar surface area (TPSA) is 73.2 Å². The van der Waals surface area contributed by atoms with Gasteiger partial charge in [-0.1, -0.05) is 11.6 Å². The fraction of sp³-hybridized carbons (Fsp3) is 0.250. The summed E-state index contributed by atoms with van der Waals surface area (Å²) in [5.74, 6) is 1.35. The number of aliphatic imine (C=N–C) groups is 1. The molecule has 0 spiro atoms. The van der Waals surface area contributed by atoms with Crippen LogP contribution in [0.4, 0.5) is 5.69 Å². The Morgan fingerprint density at radius 2 is 1.93 bits per heavy atom. The van der Waals surface area contributed by atoms with Crippen molar-refractivity contribution >= 4 is 46.2 Å². The number of hydrogen-bond acceptors (Lipinski definition) is 7. The van der Waals surface area contributed by atoms with Crippen molar-refractivity contribution in [1.29, 1.82) is 0 Å². The van der Waals surface area contributed by atoms with Crippen LogP contribution in [-0.4, -0.2) is 48.8 Å². The zero-order chi connectivity index (χ0) is 21.0. The van der Waals surface area contributed by atoms with Gasteiger partial charge in [-0.15, -0.1) is 0 Å². The molecule has 1 saturated heterocycles. The number of thioether (sulfide) groups is 1. The smallest absolute Gasteiger partial charge is 0.266 e. The van der Waals surface area contributed by atoms with E-state index in [0.717, 1.165) is 0 Å². The van der Waals surface area contributed by atoms with Gasteiger partial charge in [0.2, 0.25) is 5.75 Å². The molecular formula is C20H20ClN3O4S. The molecule has 7 nitrogen and oxygen atoms in total. The predicted octanol–water partition coefficient (Wildman–Crippen LogP) is 4.38. The van der Waals surface area contributed by atoms with E-state index >= 15 is 0 Å². The highest BCUT2D eigenvalue weighted by atomic mass is 35.5. The van der Waals surface area contributed by atoms with E-state index < -0.39 is 0 Å². The number of nitrogens with zero attached hydrogens (tertiary/aromatic N) is 3. The van der Waals surface area contributed by atoms with E-state index in [1.165, 1.54) is 25.1 Å². The van der Waals surface area contributed by atoms with Gasteiger partial charge in [-0.2, -0.15) is 0 Å². The van der Waals surface area contributed by atoms with Crippen molar-refractivity contribution in [3.63, 3.8) is 0 Å². The van der Waals surface area contributed by atoms with E-state index in [-0.39, 0.29) is 5.91 Å². The first-order valence-corrected chi connectivity index (χ1v) is 9.92. The van der Waals surface area contributed by atoms with Crippen LogP contribution in [0.15, 0.2) is 40.5 Å². The van der Waals surface area contributed by atoms with Crippen molar-refractivity contribution < 1.29 is 19.0 Å². The fourth-order valence-electron chi connectivity index (χ4n) is 2.81. The van der Waals surface area contributed by atoms with Crippen LogP contribution in [0.25, 0.3) is 6.08 Å². The molecule has 29 heavy (non-hydrogen) atoms. The third-order valence-electron chi connectivity index (χ3n) is 4.19. The van der Waals surface area contributed by atoms with Crippen LogP contribution in [0.3, 0.4) is 0 Å². The van der Waals surface area contributed by atoms with E-state index in [9.17, 15) is 4.79 Å². The van der Waals surface area contributed by atoms with Gasteiger partial charge >= 0.3 is 0 Å². The Morgan fingerprint density at radius 1 is 1.17 bits per heavy atom. The van der Waals surface area contributed by atoms with Crippen molar-refractivity contribution in [2.45, 2.75) is 6.92 Å². The third kappa shape index (κ3) is 4.18. The Hall–Kier alpha value is -2.71. The van der Waals surface area contributed by atoms with Gasteiger partial charge in [-0.25, -0.2) is 4.99 Å². The van der Waals surface area contributed by atoms with Crippen LogP contribution in [0, 0.1) is 0 Å². The lowest BCUT2D eigenvalue weighted by molar-refractivity contribution is -0.122. The molecule has 0 atom stereocenters. The molecule has 0 unspecified atom stereocenters. The lowest BCUT2D eigenvalue weighted by Crippen LogP contribution is -2.28. The second-order valence-electron chi connectivity index (χ2n) is 5.81. The fourth-order valence-corrected chi connectivity index (χ4v) is 4.02. The molecule has 0 aliphatic carbocycles. The van der Waals surface area contributed by atoms with Crippen LogP contribution in [0.1, 0.15) is 12.5 Å². The summed E-state index contributed by atoms with van der Waals surface area (Å²) >= 11 is 7.43. The maximum atomic E-state index is 12.9. The Balaban J connectivity index is 2.03. The number of likely N-dealkylation sites (N-methyl/N-ethyl adjacent to an activating group) is 1. The van der Waals surface area contributed by atoms with Crippen LogP contribution in [0.2, 0.25) is 5.02 Å². The number of amidine groups is 1. The Labute approximate surface area is 178 Å². The predicted molar refractivity (Wildman–Crippen MR) is 115 cm³/mol. The second kappa shape index (κ2) is 9.19. The summed E-state index contributed by atoms with van der Waals surface area (Å²) in [6.07, 6.45) is 4.88. The number of hydrogen-bond donors (Lipinski definition) is 0. The minimum Gasteiger partial charge on any atom is -0.493 e. The van der Waals surface area contributed by atoms with Gasteiger partial charge in [0.25, 0.3) is 5.91 Å². The van der Waals surface area contributed by atoms with Crippen LogP contribution < -0.4 is 14.2 Å². The van der Waals surface area contributed by atoms with Crippen molar-refractivity contribution in [2.24, 2.45) is 4.99 Å². The van der Waals surface area contributed by atoms with E-state index in [0.29, 0.717) is 50.1 Å². The molecule has 2 aromatic rings. The summed E-state index contributed by atoms with van der Waals surface area (Å²) in [4.78, 5) is 23.5. The molecule has 1 aromatic carbocycles. The molecule has 1 aromatic heterocycles. The standard InChI is InChI=1S/C20H20ClN3O4S/c1-5-24-19(25)16(29-20(24)23-14-8-9-22-11-13(14)21)10-12-6-7-15(26-2)18(28-4)17(12)27-3/h6-11H,5H2,1-4H3/b16-10-,23-20?. The molecule has 0 radical (unpaired) electrons. The normalized spacial score (nSPS) is 16.6. The summed E-state index contributed by atoms with van der Waals surface area (Å²) < 4.78 is 16.2. The zero-order valence-corrected chi connectivity index (χ0v) is 18.0. The molecule has 2 heterocycles. The lowest BCUT2D eigenvalue weighted by atomic mass is 10.1. The Bertz CT molecular complexity index is 994. The molecule has 1 fully saturated rings. The number of carbonyl (C=O) groups is 1. The summed E-state index contributed by atoms with van der Waals surface area (Å²) in [6.45, 7) is 2.37. The quantitative estimate of drug-likeness (QED) is 0.629. The van der Waals surface area contributed by atoms with Crippen molar-refractivity contribution in [3.05, 3.63) is 46.1 Å². The highest BCUT2D eigenvalue weighted by molar-refractivity contribution is 8.18. The van der Waals surface area contributed by atoms with E-state index in [2.05, 4.69) is 9.98 Å². The number of amides is 1. The number of aromatic nitrogens is 1. The van der Waals surface area contributed by atoms with Gasteiger partial charge in [0, 0.05) is 24.5 Å². The van der Waals surface area contributed by atoms with Crippen molar-refractivity contribution in [1.82, 2.24) is 9.88 Å². The largest absolute Gasteiger partial charge is 0.493 e. The molecule has 152 valence electrons. The van der Waals surface area contributed by atoms with Crippen LogP contribution in [-0.2, 0) is 4.79 Å². The molecule has 1 aliphatic heterocycles. The average Bonchev–Trinajstić information content (AvgIpc) is 3.03. The molecule has 9 heteroatoms. The minimum absolute atomic E-state index is 0.140. The molecule has 1 amide bonds. The molecule has 0 bridgehead atoms. The van der Waals surface area contributed by atoms with Gasteiger partial charge in [-0.3, -0.25) is 14.7 Å². The number of rotatable bonds is 6. The van der Waals surface area contributed by atoms with Crippen molar-refractivity contribution in [3.8, 4) is 17.2 Å². The number of ether oxygens (including phenoxy) is 3. The summed E-state index contributed by atoms with van der Waals surface area (Å²) in [5, 5.41) is 0.972. The van der Waals surface area contributed by atoms with E-state index in [1.807, 2.05) is 13.0 Å². The highest BCUT2D eigenvalue weighted by Gasteiger charge is 2.33. The minimum atomic E-state index is -0.140. The van der Waals surface area contributed by atoms with Gasteiger partial charge < -0.3 is 14.2 Å². The Morgan fingerprint density at radius 3 is 2.55 bits per heavy atom. The van der Waals surface area contributed by atoms with Gasteiger partial charge in [0.1, 0.15) is 0 Å². The van der Waals surface area contributed by atoms with Crippen molar-refractivity contribution in [2.75, 3.05) is 27.9 Å². The molecule has 0 saturated carbocycles. The van der Waals surface area contributed by atoms with Gasteiger partial charge in [0.05, 0.1) is 36.9 Å². The van der Waals surface area contributed by atoms with Crippen LogP contribution in [0.5, 0.6) is 17.2 Å². The monoisotopic (exact) mass is 433 g/mol. The molecule has 1 aliphatic rings. The van der Waals surface area contributed by atoms with Gasteiger partial charge in [0.15, 0.2) is 16.7 Å². The summed E-state index contributed by atoms with van der Waals surface area (Å²) in [7, 11) is 4.63. The first-order valence-electron chi connectivity index (χ1n) is 8.72. The SMILES string of the molecule is CCN1C(=O)/C(=C/c2ccc(OC)c(OC)c2OC)SC1=Nc1ccncc1Cl. The number of benzene rings is 1. The zero-order valence-electron chi connectivity index (χ0n) is 16.4. The maximum Gasteiger partial charge on any atom is 0.266 e.